The molecule has 1 rings (SSSR count). The van der Waals surface area contributed by atoms with E-state index in [0.29, 0.717) is 5.56 Å². The summed E-state index contributed by atoms with van der Waals surface area (Å²) in [5.74, 6) is -1.23. The van der Waals surface area contributed by atoms with Gasteiger partial charge in [0, 0.05) is 12.8 Å². The van der Waals surface area contributed by atoms with E-state index in [2.05, 4.69) is 5.32 Å². The third kappa shape index (κ3) is 3.76. The monoisotopic (exact) mass is 287 g/mol. The van der Waals surface area contributed by atoms with Crippen molar-refractivity contribution in [3.05, 3.63) is 35.1 Å². The minimum Gasteiger partial charge on any atom is -0.350 e. The van der Waals surface area contributed by atoms with Crippen LogP contribution in [0.1, 0.15) is 29.8 Å². The van der Waals surface area contributed by atoms with Gasteiger partial charge in [-0.25, -0.2) is 12.8 Å². The Hall–Kier alpha value is -1.43. The van der Waals surface area contributed by atoms with E-state index >= 15 is 0 Å². The normalized spacial score (nSPS) is 12.3. The van der Waals surface area contributed by atoms with Gasteiger partial charge < -0.3 is 5.32 Å². The van der Waals surface area contributed by atoms with E-state index in [9.17, 15) is 17.6 Å². The number of carbonyl (C=O) groups is 1. The largest absolute Gasteiger partial charge is 0.350 e. The summed E-state index contributed by atoms with van der Waals surface area (Å²) >= 11 is 0. The highest BCUT2D eigenvalue weighted by Crippen LogP contribution is 2.14. The van der Waals surface area contributed by atoms with Gasteiger partial charge in [-0.1, -0.05) is 6.07 Å². The zero-order valence-electron chi connectivity index (χ0n) is 11.5. The van der Waals surface area contributed by atoms with Crippen molar-refractivity contribution in [3.63, 3.8) is 0 Å². The van der Waals surface area contributed by atoms with Crippen molar-refractivity contribution < 1.29 is 17.6 Å². The highest BCUT2D eigenvalue weighted by molar-refractivity contribution is 7.92. The van der Waals surface area contributed by atoms with Gasteiger partial charge in [-0.05, 0) is 38.5 Å². The van der Waals surface area contributed by atoms with E-state index in [4.69, 9.17) is 0 Å². The lowest BCUT2D eigenvalue weighted by molar-refractivity contribution is 0.0946. The van der Waals surface area contributed by atoms with Crippen molar-refractivity contribution in [2.75, 3.05) is 12.8 Å². The molecule has 0 aliphatic carbocycles. The topological polar surface area (TPSA) is 63.2 Å². The molecule has 0 atom stereocenters. The molecule has 0 bridgehead atoms. The molecule has 0 unspecified atom stereocenters. The Labute approximate surface area is 112 Å². The SMILES string of the molecule is Cc1ccc(C(=O)NCC(C)(C)S(C)(=O)=O)c(F)c1. The summed E-state index contributed by atoms with van der Waals surface area (Å²) in [6, 6.07) is 4.27. The van der Waals surface area contributed by atoms with Crippen LogP contribution in [-0.2, 0) is 9.84 Å². The number of hydrogen-bond donors (Lipinski definition) is 1. The van der Waals surface area contributed by atoms with E-state index in [1.54, 1.807) is 13.0 Å². The summed E-state index contributed by atoms with van der Waals surface area (Å²) in [4.78, 5) is 11.8. The van der Waals surface area contributed by atoms with Crippen LogP contribution in [0.5, 0.6) is 0 Å². The molecule has 1 amide bonds. The van der Waals surface area contributed by atoms with Crippen LogP contribution in [-0.4, -0.2) is 31.9 Å². The van der Waals surface area contributed by atoms with Gasteiger partial charge in [0.2, 0.25) is 0 Å². The first kappa shape index (κ1) is 15.6. The lowest BCUT2D eigenvalue weighted by atomic mass is 10.1. The lowest BCUT2D eigenvalue weighted by Gasteiger charge is -2.22. The molecule has 1 aromatic rings. The summed E-state index contributed by atoms with van der Waals surface area (Å²) in [7, 11) is -3.31. The van der Waals surface area contributed by atoms with Gasteiger partial charge >= 0.3 is 0 Å². The molecule has 0 aliphatic heterocycles. The van der Waals surface area contributed by atoms with Crippen LogP contribution in [0.3, 0.4) is 0 Å². The Bertz CT molecular complexity index is 594. The number of hydrogen-bond acceptors (Lipinski definition) is 3. The maximum Gasteiger partial charge on any atom is 0.254 e. The molecule has 1 aromatic carbocycles. The molecule has 0 radical (unpaired) electrons. The van der Waals surface area contributed by atoms with Crippen LogP contribution in [0, 0.1) is 12.7 Å². The number of amides is 1. The molecule has 0 saturated heterocycles. The maximum atomic E-state index is 13.6. The minimum atomic E-state index is -3.31. The Morgan fingerprint density at radius 3 is 2.42 bits per heavy atom. The van der Waals surface area contributed by atoms with E-state index in [0.717, 1.165) is 6.26 Å². The highest BCUT2D eigenvalue weighted by Gasteiger charge is 2.30. The van der Waals surface area contributed by atoms with Crippen LogP contribution in [0.15, 0.2) is 18.2 Å². The third-order valence-corrected chi connectivity index (χ3v) is 5.20. The summed E-state index contributed by atoms with van der Waals surface area (Å²) in [6.07, 6.45) is 1.10. The first-order valence-electron chi connectivity index (χ1n) is 5.78. The Morgan fingerprint density at radius 2 is 1.95 bits per heavy atom. The molecule has 0 heterocycles. The van der Waals surface area contributed by atoms with Crippen molar-refractivity contribution in [1.82, 2.24) is 5.32 Å². The smallest absolute Gasteiger partial charge is 0.254 e. The zero-order valence-corrected chi connectivity index (χ0v) is 12.3. The summed E-state index contributed by atoms with van der Waals surface area (Å²) < 4.78 is 35.5. The van der Waals surface area contributed by atoms with Crippen molar-refractivity contribution in [2.24, 2.45) is 0 Å². The van der Waals surface area contributed by atoms with Crippen molar-refractivity contribution in [3.8, 4) is 0 Å². The fourth-order valence-electron chi connectivity index (χ4n) is 1.32. The molecule has 1 N–H and O–H groups in total. The highest BCUT2D eigenvalue weighted by atomic mass is 32.2. The van der Waals surface area contributed by atoms with Crippen LogP contribution < -0.4 is 5.32 Å². The van der Waals surface area contributed by atoms with Gasteiger partial charge in [0.1, 0.15) is 5.82 Å². The van der Waals surface area contributed by atoms with Gasteiger partial charge in [-0.2, -0.15) is 0 Å². The van der Waals surface area contributed by atoms with Crippen LogP contribution in [0.2, 0.25) is 0 Å². The molecule has 0 saturated carbocycles. The number of nitrogens with one attached hydrogen (secondary N) is 1. The average molecular weight is 287 g/mol. The van der Waals surface area contributed by atoms with Gasteiger partial charge in [0.05, 0.1) is 10.3 Å². The van der Waals surface area contributed by atoms with E-state index in [-0.39, 0.29) is 12.1 Å². The summed E-state index contributed by atoms with van der Waals surface area (Å²) in [5, 5.41) is 2.45. The van der Waals surface area contributed by atoms with E-state index in [1.165, 1.54) is 26.0 Å². The van der Waals surface area contributed by atoms with Crippen molar-refractivity contribution >= 4 is 15.7 Å². The minimum absolute atomic E-state index is 0.0714. The first-order valence-corrected chi connectivity index (χ1v) is 7.68. The Balaban J connectivity index is 2.82. The second-order valence-electron chi connectivity index (χ2n) is 5.20. The molecule has 0 aromatic heterocycles. The summed E-state index contributed by atoms with van der Waals surface area (Å²) in [5.41, 5.74) is 0.625. The first-order chi connectivity index (χ1) is 8.54. The molecule has 0 aliphatic rings. The number of halogens is 1. The number of carbonyl (C=O) groups excluding carboxylic acids is 1. The number of aryl methyl sites for hydroxylation is 1. The van der Waals surface area contributed by atoms with Gasteiger partial charge in [-0.3, -0.25) is 4.79 Å². The quantitative estimate of drug-likeness (QED) is 0.916. The molecule has 106 valence electrons. The fraction of sp³-hybridized carbons (Fsp3) is 0.462. The molecule has 4 nitrogen and oxygen atoms in total. The molecular formula is C13H18FNO3S. The standard InChI is InChI=1S/C13H18FNO3S/c1-9-5-6-10(11(14)7-9)12(16)15-8-13(2,3)19(4,17)18/h5-7H,8H2,1-4H3,(H,15,16). The predicted octanol–water partition coefficient (Wildman–Crippen LogP) is 1.69. The maximum absolute atomic E-state index is 13.6. The average Bonchev–Trinajstić information content (AvgIpc) is 2.24. The number of benzene rings is 1. The predicted molar refractivity (Wildman–Crippen MR) is 72.4 cm³/mol. The molecule has 6 heteroatoms. The van der Waals surface area contributed by atoms with Gasteiger partial charge in [-0.15, -0.1) is 0 Å². The van der Waals surface area contributed by atoms with Crippen LogP contribution in [0.25, 0.3) is 0 Å². The lowest BCUT2D eigenvalue weighted by Crippen LogP contribution is -2.43. The molecule has 0 spiro atoms. The second kappa shape index (κ2) is 5.28. The van der Waals surface area contributed by atoms with Crippen molar-refractivity contribution in [1.29, 1.82) is 0 Å². The molecule has 0 fully saturated rings. The second-order valence-corrected chi connectivity index (χ2v) is 7.85. The summed E-state index contributed by atoms with van der Waals surface area (Å²) in [6.45, 7) is 4.66. The fourth-order valence-corrected chi connectivity index (χ4v) is 1.66. The molecular weight excluding hydrogens is 269 g/mol. The van der Waals surface area contributed by atoms with Gasteiger partial charge in [0.15, 0.2) is 9.84 Å². The Kier molecular flexibility index (Phi) is 4.35. The number of rotatable bonds is 4. The van der Waals surface area contributed by atoms with E-state index < -0.39 is 26.3 Å². The van der Waals surface area contributed by atoms with Crippen LogP contribution >= 0.6 is 0 Å². The van der Waals surface area contributed by atoms with Gasteiger partial charge in [0.25, 0.3) is 5.91 Å². The van der Waals surface area contributed by atoms with Crippen LogP contribution in [0.4, 0.5) is 4.39 Å². The number of sulfone groups is 1. The third-order valence-electron chi connectivity index (χ3n) is 3.05. The van der Waals surface area contributed by atoms with Crippen molar-refractivity contribution in [2.45, 2.75) is 25.5 Å². The molecule has 19 heavy (non-hydrogen) atoms. The van der Waals surface area contributed by atoms with E-state index in [1.807, 2.05) is 0 Å². The zero-order chi connectivity index (χ0) is 14.8. The Morgan fingerprint density at radius 1 is 1.37 bits per heavy atom.